The fraction of sp³-hybridized carbons (Fsp3) is 0.350. The van der Waals surface area contributed by atoms with E-state index in [2.05, 4.69) is 5.32 Å². The van der Waals surface area contributed by atoms with E-state index in [1.165, 1.54) is 52.8 Å². The molecule has 174 valence electrons. The monoisotopic (exact) mass is 500 g/mol. The van der Waals surface area contributed by atoms with Crippen molar-refractivity contribution in [3.05, 3.63) is 48.5 Å². The molecule has 1 saturated heterocycles. The van der Waals surface area contributed by atoms with Crippen LogP contribution in [-0.4, -0.2) is 61.1 Å². The Bertz CT molecular complexity index is 1330. The molecule has 0 saturated carbocycles. The Morgan fingerprint density at radius 1 is 0.812 bits per heavy atom. The number of hydrogen-bond acceptors (Lipinski definition) is 7. The third-order valence-corrected chi connectivity index (χ3v) is 9.61. The highest BCUT2D eigenvalue weighted by molar-refractivity contribution is 7.93. The fourth-order valence-corrected chi connectivity index (χ4v) is 7.20. The van der Waals surface area contributed by atoms with Gasteiger partial charge in [-0.15, -0.1) is 0 Å². The van der Waals surface area contributed by atoms with Gasteiger partial charge >= 0.3 is 0 Å². The zero-order valence-electron chi connectivity index (χ0n) is 17.6. The minimum Gasteiger partial charge on any atom is -0.326 e. The zero-order valence-corrected chi connectivity index (χ0v) is 20.0. The van der Waals surface area contributed by atoms with Crippen LogP contribution in [0.1, 0.15) is 12.8 Å². The quantitative estimate of drug-likeness (QED) is 0.635. The number of anilines is 1. The van der Waals surface area contributed by atoms with Crippen LogP contribution in [0.4, 0.5) is 5.69 Å². The largest absolute Gasteiger partial charge is 0.326 e. The molecule has 9 nitrogen and oxygen atoms in total. The Kier molecular flexibility index (Phi) is 6.80. The molecular formula is C20H24N2O7S3. The van der Waals surface area contributed by atoms with Crippen molar-refractivity contribution in [1.29, 1.82) is 0 Å². The maximum absolute atomic E-state index is 13.0. The lowest BCUT2D eigenvalue weighted by Gasteiger charge is -2.31. The minimum absolute atomic E-state index is 0.0749. The second kappa shape index (κ2) is 8.93. The number of carbonyl (C=O) groups excluding carboxylic acids is 1. The third-order valence-electron chi connectivity index (χ3n) is 5.24. The molecule has 0 atom stereocenters. The Labute approximate surface area is 188 Å². The molecule has 2 aromatic carbocycles. The molecule has 0 radical (unpaired) electrons. The molecule has 0 unspecified atom stereocenters. The van der Waals surface area contributed by atoms with Crippen LogP contribution in [-0.2, 0) is 34.5 Å². The molecule has 1 fully saturated rings. The van der Waals surface area contributed by atoms with Crippen LogP contribution in [0.5, 0.6) is 0 Å². The van der Waals surface area contributed by atoms with Gasteiger partial charge in [0, 0.05) is 37.2 Å². The Morgan fingerprint density at radius 3 is 1.84 bits per heavy atom. The van der Waals surface area contributed by atoms with Gasteiger partial charge in [0.05, 0.1) is 9.79 Å². The van der Waals surface area contributed by atoms with Gasteiger partial charge in [-0.3, -0.25) is 4.79 Å². The second-order valence-corrected chi connectivity index (χ2v) is 13.6. The lowest BCUT2D eigenvalue weighted by atomic mass is 9.97. The van der Waals surface area contributed by atoms with E-state index in [1.807, 2.05) is 0 Å². The molecule has 1 N–H and O–H groups in total. The topological polar surface area (TPSA) is 135 Å². The second-order valence-electron chi connectivity index (χ2n) is 7.68. The first kappa shape index (κ1) is 24.4. The van der Waals surface area contributed by atoms with E-state index >= 15 is 0 Å². The van der Waals surface area contributed by atoms with Crippen LogP contribution < -0.4 is 5.32 Å². The molecule has 0 spiro atoms. The summed E-state index contributed by atoms with van der Waals surface area (Å²) in [5, 5.41) is 2.72. The lowest BCUT2D eigenvalue weighted by Crippen LogP contribution is -2.41. The summed E-state index contributed by atoms with van der Waals surface area (Å²) in [4.78, 5) is 12.2. The molecular weight excluding hydrogens is 476 g/mol. The van der Waals surface area contributed by atoms with Crippen LogP contribution in [0.3, 0.4) is 0 Å². The maximum Gasteiger partial charge on any atom is 0.244 e. The number of hydrogen-bond donors (Lipinski definition) is 1. The summed E-state index contributed by atoms with van der Waals surface area (Å²) in [6.07, 6.45) is 2.60. The van der Waals surface area contributed by atoms with Crippen LogP contribution in [0.25, 0.3) is 0 Å². The van der Waals surface area contributed by atoms with Gasteiger partial charge in [0.2, 0.25) is 15.9 Å². The standard InChI is InChI=1S/C20H24N2O7S3/c1-30(24,25)17-9-7-16(8-10-17)21-20(23)15-11-13-22(14-12-15)32(28,29)19-6-4-3-5-18(19)31(2,26)27/h3-10,15H,11-14H2,1-2H3,(H,21,23). The first-order valence-electron chi connectivity index (χ1n) is 9.70. The number of amides is 1. The molecule has 0 aliphatic carbocycles. The average molecular weight is 501 g/mol. The van der Waals surface area contributed by atoms with Gasteiger partial charge in [0.15, 0.2) is 19.7 Å². The Morgan fingerprint density at radius 2 is 1.34 bits per heavy atom. The highest BCUT2D eigenvalue weighted by atomic mass is 32.2. The van der Waals surface area contributed by atoms with Crippen LogP contribution in [0, 0.1) is 5.92 Å². The van der Waals surface area contributed by atoms with Crippen molar-refractivity contribution in [2.24, 2.45) is 5.92 Å². The summed E-state index contributed by atoms with van der Waals surface area (Å²) >= 11 is 0. The van der Waals surface area contributed by atoms with Gasteiger partial charge in [-0.1, -0.05) is 12.1 Å². The summed E-state index contributed by atoms with van der Waals surface area (Å²) in [6.45, 7) is 0.150. The molecule has 1 aliphatic rings. The number of sulfonamides is 1. The SMILES string of the molecule is CS(=O)(=O)c1ccc(NC(=O)C2CCN(S(=O)(=O)c3ccccc3S(C)(=O)=O)CC2)cc1. The van der Waals surface area contributed by atoms with E-state index in [4.69, 9.17) is 0 Å². The van der Waals surface area contributed by atoms with Crippen molar-refractivity contribution < 1.29 is 30.0 Å². The van der Waals surface area contributed by atoms with Crippen LogP contribution in [0.2, 0.25) is 0 Å². The van der Waals surface area contributed by atoms with Crippen molar-refractivity contribution in [1.82, 2.24) is 4.31 Å². The van der Waals surface area contributed by atoms with Crippen molar-refractivity contribution in [2.45, 2.75) is 27.5 Å². The first-order chi connectivity index (χ1) is 14.8. The number of carbonyl (C=O) groups is 1. The molecule has 1 amide bonds. The van der Waals surface area contributed by atoms with E-state index in [9.17, 15) is 30.0 Å². The number of nitrogens with one attached hydrogen (secondary N) is 1. The van der Waals surface area contributed by atoms with Gasteiger partial charge in [-0.25, -0.2) is 25.3 Å². The van der Waals surface area contributed by atoms with Crippen LogP contribution >= 0.6 is 0 Å². The number of piperidine rings is 1. The predicted molar refractivity (Wildman–Crippen MR) is 119 cm³/mol. The average Bonchev–Trinajstić information content (AvgIpc) is 2.73. The molecule has 1 heterocycles. The molecule has 0 aromatic heterocycles. The van der Waals surface area contributed by atoms with E-state index in [0.29, 0.717) is 5.69 Å². The summed E-state index contributed by atoms with van der Waals surface area (Å²) in [6, 6.07) is 11.3. The summed E-state index contributed by atoms with van der Waals surface area (Å²) in [5.41, 5.74) is 0.444. The van der Waals surface area contributed by atoms with Gasteiger partial charge in [0.1, 0.15) is 4.90 Å². The van der Waals surface area contributed by atoms with Gasteiger partial charge < -0.3 is 5.32 Å². The third kappa shape index (κ3) is 5.37. The lowest BCUT2D eigenvalue weighted by molar-refractivity contribution is -0.120. The van der Waals surface area contributed by atoms with Crippen molar-refractivity contribution >= 4 is 41.3 Å². The normalized spacial score (nSPS) is 16.6. The Hall–Kier alpha value is -2.28. The Balaban J connectivity index is 1.68. The van der Waals surface area contributed by atoms with Crippen molar-refractivity contribution in [3.63, 3.8) is 0 Å². The van der Waals surface area contributed by atoms with E-state index in [-0.39, 0.29) is 46.5 Å². The maximum atomic E-state index is 13.0. The molecule has 3 rings (SSSR count). The number of sulfone groups is 2. The number of benzene rings is 2. The van der Waals surface area contributed by atoms with E-state index in [1.54, 1.807) is 0 Å². The molecule has 12 heteroatoms. The first-order valence-corrected chi connectivity index (χ1v) is 14.9. The molecule has 1 aliphatic heterocycles. The smallest absolute Gasteiger partial charge is 0.244 e. The molecule has 32 heavy (non-hydrogen) atoms. The van der Waals surface area contributed by atoms with Gasteiger partial charge in [0.25, 0.3) is 0 Å². The fourth-order valence-electron chi connectivity index (χ4n) is 3.50. The predicted octanol–water partition coefficient (Wildman–Crippen LogP) is 1.53. The number of rotatable bonds is 6. The summed E-state index contributed by atoms with van der Waals surface area (Å²) in [5.74, 6) is -0.716. The van der Waals surface area contributed by atoms with E-state index < -0.39 is 35.6 Å². The van der Waals surface area contributed by atoms with E-state index in [0.717, 1.165) is 12.5 Å². The summed E-state index contributed by atoms with van der Waals surface area (Å²) in [7, 11) is -11.1. The van der Waals surface area contributed by atoms with Gasteiger partial charge in [-0.05, 0) is 49.2 Å². The van der Waals surface area contributed by atoms with Crippen molar-refractivity contribution in [3.8, 4) is 0 Å². The van der Waals surface area contributed by atoms with Gasteiger partial charge in [-0.2, -0.15) is 4.31 Å². The van der Waals surface area contributed by atoms with Crippen molar-refractivity contribution in [2.75, 3.05) is 30.9 Å². The molecule has 0 bridgehead atoms. The molecule has 2 aromatic rings. The number of nitrogens with zero attached hydrogens (tertiary/aromatic N) is 1. The minimum atomic E-state index is -4.04. The summed E-state index contributed by atoms with van der Waals surface area (Å²) < 4.78 is 74.4. The highest BCUT2D eigenvalue weighted by Crippen LogP contribution is 2.28. The zero-order chi connectivity index (χ0) is 23.7. The highest BCUT2D eigenvalue weighted by Gasteiger charge is 2.34. The van der Waals surface area contributed by atoms with Crippen LogP contribution in [0.15, 0.2) is 63.2 Å².